The lowest BCUT2D eigenvalue weighted by Gasteiger charge is -2.37. The molecule has 1 aliphatic carbocycles. The van der Waals surface area contributed by atoms with E-state index < -0.39 is 11.5 Å². The van der Waals surface area contributed by atoms with Crippen LogP contribution in [0.1, 0.15) is 46.5 Å². The van der Waals surface area contributed by atoms with Crippen LogP contribution in [0, 0.1) is 11.3 Å². The Balaban J connectivity index is 2.62. The predicted molar refractivity (Wildman–Crippen MR) is 75.4 cm³/mol. The molecule has 0 heterocycles. The van der Waals surface area contributed by atoms with Crippen molar-refractivity contribution in [2.75, 3.05) is 13.1 Å². The van der Waals surface area contributed by atoms with Gasteiger partial charge in [0.2, 0.25) is 11.8 Å². The summed E-state index contributed by atoms with van der Waals surface area (Å²) < 4.78 is 0. The molecule has 1 fully saturated rings. The normalized spacial score (nSPS) is 28.5. The first-order chi connectivity index (χ1) is 8.95. The summed E-state index contributed by atoms with van der Waals surface area (Å²) in [5.41, 5.74) is 5.35. The number of carbonyl (C=O) groups excluding carboxylic acids is 2. The van der Waals surface area contributed by atoms with Crippen molar-refractivity contribution in [1.82, 2.24) is 10.6 Å². The summed E-state index contributed by atoms with van der Waals surface area (Å²) in [6.07, 6.45) is 3.69. The van der Waals surface area contributed by atoms with Crippen LogP contribution < -0.4 is 16.4 Å². The van der Waals surface area contributed by atoms with Gasteiger partial charge in [-0.1, -0.05) is 6.92 Å². The zero-order chi connectivity index (χ0) is 14.5. The monoisotopic (exact) mass is 269 g/mol. The van der Waals surface area contributed by atoms with E-state index in [9.17, 15) is 9.59 Å². The summed E-state index contributed by atoms with van der Waals surface area (Å²) in [5, 5.41) is 5.52. The van der Waals surface area contributed by atoms with Crippen molar-refractivity contribution in [2.45, 2.75) is 52.5 Å². The SMILES string of the molecule is CCNC(=O)C(C)NC(=O)C1(CN)CCC(C)CC1. The largest absolute Gasteiger partial charge is 0.355 e. The molecule has 5 heteroatoms. The lowest BCUT2D eigenvalue weighted by molar-refractivity contribution is -0.136. The first-order valence-corrected chi connectivity index (χ1v) is 7.24. The lowest BCUT2D eigenvalue weighted by atomic mass is 9.70. The standard InChI is InChI=1S/C14H27N3O2/c1-4-16-12(18)11(3)17-13(19)14(9-15)7-5-10(2)6-8-14/h10-11H,4-9,15H2,1-3H3,(H,16,18)(H,17,19). The van der Waals surface area contributed by atoms with Gasteiger partial charge in [0.1, 0.15) is 6.04 Å². The second-order valence-electron chi connectivity index (χ2n) is 5.76. The van der Waals surface area contributed by atoms with Gasteiger partial charge in [-0.25, -0.2) is 0 Å². The van der Waals surface area contributed by atoms with Crippen molar-refractivity contribution in [2.24, 2.45) is 17.1 Å². The van der Waals surface area contributed by atoms with E-state index in [0.29, 0.717) is 19.0 Å². The first kappa shape index (κ1) is 16.0. The molecule has 4 N–H and O–H groups in total. The van der Waals surface area contributed by atoms with Gasteiger partial charge in [-0.2, -0.15) is 0 Å². The molecule has 19 heavy (non-hydrogen) atoms. The molecule has 0 aliphatic heterocycles. The number of nitrogens with two attached hydrogens (primary N) is 1. The molecule has 5 nitrogen and oxygen atoms in total. The Morgan fingerprint density at radius 2 is 1.95 bits per heavy atom. The van der Waals surface area contributed by atoms with Crippen molar-refractivity contribution in [3.63, 3.8) is 0 Å². The predicted octanol–water partition coefficient (Wildman–Crippen LogP) is 0.782. The number of rotatable bonds is 5. The molecule has 0 aromatic heterocycles. The topological polar surface area (TPSA) is 84.2 Å². The van der Waals surface area contributed by atoms with E-state index in [-0.39, 0.29) is 11.8 Å². The van der Waals surface area contributed by atoms with Crippen molar-refractivity contribution in [3.8, 4) is 0 Å². The number of carbonyl (C=O) groups is 2. The summed E-state index contributed by atoms with van der Waals surface area (Å²) >= 11 is 0. The smallest absolute Gasteiger partial charge is 0.242 e. The molecule has 1 aliphatic rings. The molecule has 1 rings (SSSR count). The molecular formula is C14H27N3O2. The molecule has 1 atom stereocenters. The summed E-state index contributed by atoms with van der Waals surface area (Å²) in [4.78, 5) is 24.1. The number of hydrogen-bond donors (Lipinski definition) is 3. The van der Waals surface area contributed by atoms with Crippen LogP contribution in [0.3, 0.4) is 0 Å². The Morgan fingerprint density at radius 1 is 1.37 bits per heavy atom. The van der Waals surface area contributed by atoms with Crippen LogP contribution in [-0.4, -0.2) is 30.9 Å². The Morgan fingerprint density at radius 3 is 2.42 bits per heavy atom. The third kappa shape index (κ3) is 3.93. The quantitative estimate of drug-likeness (QED) is 0.689. The lowest BCUT2D eigenvalue weighted by Crippen LogP contribution is -2.53. The Labute approximate surface area is 115 Å². The van der Waals surface area contributed by atoms with Crippen LogP contribution in [0.4, 0.5) is 0 Å². The molecule has 0 radical (unpaired) electrons. The Bertz CT molecular complexity index is 323. The van der Waals surface area contributed by atoms with Crippen LogP contribution in [0.5, 0.6) is 0 Å². The second kappa shape index (κ2) is 6.89. The van der Waals surface area contributed by atoms with Gasteiger partial charge in [0, 0.05) is 13.1 Å². The van der Waals surface area contributed by atoms with E-state index >= 15 is 0 Å². The summed E-state index contributed by atoms with van der Waals surface area (Å²) in [6, 6.07) is -0.504. The summed E-state index contributed by atoms with van der Waals surface area (Å²) in [5.74, 6) is 0.446. The van der Waals surface area contributed by atoms with Gasteiger partial charge in [0.15, 0.2) is 0 Å². The Kier molecular flexibility index (Phi) is 5.79. The highest BCUT2D eigenvalue weighted by Gasteiger charge is 2.40. The van der Waals surface area contributed by atoms with E-state index in [1.807, 2.05) is 6.92 Å². The van der Waals surface area contributed by atoms with Crippen molar-refractivity contribution in [3.05, 3.63) is 0 Å². The maximum atomic E-state index is 12.4. The minimum absolute atomic E-state index is 0.0688. The van der Waals surface area contributed by atoms with Gasteiger partial charge in [-0.3, -0.25) is 9.59 Å². The molecule has 0 spiro atoms. The van der Waals surface area contributed by atoms with Crippen LogP contribution in [0.25, 0.3) is 0 Å². The van der Waals surface area contributed by atoms with Gasteiger partial charge < -0.3 is 16.4 Å². The summed E-state index contributed by atoms with van der Waals surface area (Å²) in [6.45, 7) is 6.69. The summed E-state index contributed by atoms with van der Waals surface area (Å²) in [7, 11) is 0. The molecule has 0 saturated heterocycles. The molecule has 0 bridgehead atoms. The van der Waals surface area contributed by atoms with Crippen LogP contribution >= 0.6 is 0 Å². The van der Waals surface area contributed by atoms with E-state index in [4.69, 9.17) is 5.73 Å². The fraction of sp³-hybridized carbons (Fsp3) is 0.857. The maximum absolute atomic E-state index is 12.4. The average Bonchev–Trinajstić information content (AvgIpc) is 2.40. The molecule has 2 amide bonds. The number of nitrogens with one attached hydrogen (secondary N) is 2. The van der Waals surface area contributed by atoms with E-state index in [2.05, 4.69) is 17.6 Å². The zero-order valence-corrected chi connectivity index (χ0v) is 12.3. The van der Waals surface area contributed by atoms with Gasteiger partial charge >= 0.3 is 0 Å². The molecule has 110 valence electrons. The number of hydrogen-bond acceptors (Lipinski definition) is 3. The maximum Gasteiger partial charge on any atom is 0.242 e. The van der Waals surface area contributed by atoms with Gasteiger partial charge in [0.05, 0.1) is 5.41 Å². The van der Waals surface area contributed by atoms with Crippen LogP contribution in [0.15, 0.2) is 0 Å². The van der Waals surface area contributed by atoms with Crippen LogP contribution in [-0.2, 0) is 9.59 Å². The van der Waals surface area contributed by atoms with E-state index in [0.717, 1.165) is 25.7 Å². The van der Waals surface area contributed by atoms with E-state index in [1.165, 1.54) is 0 Å². The highest BCUT2D eigenvalue weighted by atomic mass is 16.2. The van der Waals surface area contributed by atoms with Crippen molar-refractivity contribution in [1.29, 1.82) is 0 Å². The molecule has 0 aromatic rings. The van der Waals surface area contributed by atoms with Crippen molar-refractivity contribution >= 4 is 11.8 Å². The zero-order valence-electron chi connectivity index (χ0n) is 12.3. The van der Waals surface area contributed by atoms with Gasteiger partial charge in [-0.15, -0.1) is 0 Å². The molecular weight excluding hydrogens is 242 g/mol. The van der Waals surface area contributed by atoms with Gasteiger partial charge in [-0.05, 0) is 45.4 Å². The minimum atomic E-state index is -0.504. The second-order valence-corrected chi connectivity index (χ2v) is 5.76. The highest BCUT2D eigenvalue weighted by molar-refractivity contribution is 5.90. The minimum Gasteiger partial charge on any atom is -0.355 e. The Hall–Kier alpha value is -1.10. The molecule has 1 saturated carbocycles. The van der Waals surface area contributed by atoms with Gasteiger partial charge in [0.25, 0.3) is 0 Å². The molecule has 1 unspecified atom stereocenters. The fourth-order valence-electron chi connectivity index (χ4n) is 2.58. The number of likely N-dealkylation sites (N-methyl/N-ethyl adjacent to an activating group) is 1. The highest BCUT2D eigenvalue weighted by Crippen LogP contribution is 2.38. The third-order valence-corrected chi connectivity index (χ3v) is 4.20. The molecule has 0 aromatic carbocycles. The third-order valence-electron chi connectivity index (χ3n) is 4.20. The average molecular weight is 269 g/mol. The van der Waals surface area contributed by atoms with E-state index in [1.54, 1.807) is 6.92 Å². The van der Waals surface area contributed by atoms with Crippen molar-refractivity contribution < 1.29 is 9.59 Å². The number of amides is 2. The first-order valence-electron chi connectivity index (χ1n) is 7.24. The fourth-order valence-corrected chi connectivity index (χ4v) is 2.58. The van der Waals surface area contributed by atoms with Crippen LogP contribution in [0.2, 0.25) is 0 Å².